The van der Waals surface area contributed by atoms with Gasteiger partial charge in [-0.25, -0.2) is 8.51 Å². The minimum absolute atomic E-state index is 0.0567. The quantitative estimate of drug-likeness (QED) is 0.219. The molecule has 7 nitrogen and oxygen atoms in total. The monoisotopic (exact) mass is 485 g/mol. The number of hydrogen-bond donors (Lipinski definition) is 3. The predicted molar refractivity (Wildman–Crippen MR) is 138 cm³/mol. The Kier molecular flexibility index (Phi) is 12.8. The van der Waals surface area contributed by atoms with Crippen LogP contribution in [0.5, 0.6) is 0 Å². The van der Waals surface area contributed by atoms with Gasteiger partial charge in [-0.05, 0) is 35.3 Å². The van der Waals surface area contributed by atoms with Crippen LogP contribution < -0.4 is 11.1 Å². The average Bonchev–Trinajstić information content (AvgIpc) is 3.21. The van der Waals surface area contributed by atoms with E-state index in [4.69, 9.17) is 5.73 Å². The van der Waals surface area contributed by atoms with E-state index in [1.54, 1.807) is 41.2 Å². The van der Waals surface area contributed by atoms with Crippen molar-refractivity contribution in [3.05, 3.63) is 43.5 Å². The first kappa shape index (κ1) is 27.4. The number of thiophene rings is 1. The third-order valence-corrected chi connectivity index (χ3v) is 8.37. The van der Waals surface area contributed by atoms with Crippen LogP contribution in [0.2, 0.25) is 0 Å². The molecule has 1 aromatic rings. The number of aliphatic hydroxyl groups is 1. The zero-order chi connectivity index (χ0) is 23.4. The molecule has 0 radical (unpaired) electrons. The largest absolute Gasteiger partial charge is 0.511 e. The minimum atomic E-state index is -1.39. The fraction of sp³-hybridized carbons (Fsp3) is 0.524. The number of amidine groups is 1. The van der Waals surface area contributed by atoms with Gasteiger partial charge in [-0.1, -0.05) is 39.5 Å². The van der Waals surface area contributed by atoms with Gasteiger partial charge in [0.15, 0.2) is 0 Å². The van der Waals surface area contributed by atoms with Crippen molar-refractivity contribution in [1.29, 1.82) is 0 Å². The summed E-state index contributed by atoms with van der Waals surface area (Å²) in [7, 11) is 0.297. The van der Waals surface area contributed by atoms with Crippen molar-refractivity contribution in [3.63, 3.8) is 0 Å². The van der Waals surface area contributed by atoms with Crippen LogP contribution in [0, 0.1) is 0 Å². The lowest BCUT2D eigenvalue weighted by Crippen LogP contribution is -2.32. The SMILES string of the molecule is CCN(CC)S(=O)/C(S/C=C/NCC(=NC)C(N)=NCc1cc(C(C)C)cs1)=C(/C)O. The van der Waals surface area contributed by atoms with E-state index in [-0.39, 0.29) is 5.76 Å². The van der Waals surface area contributed by atoms with E-state index in [0.717, 1.165) is 0 Å². The molecule has 0 saturated carbocycles. The standard InChI is InChI=1S/C21H35N5O2S3/c1-7-26(8-2)31(28)21(16(5)27)29-10-9-24-13-19(23-6)20(22)25-12-18-11-17(14-30-18)15(3)4/h9-11,14-15,24,27H,7-8,12-13H2,1-6H3,(H2,22,25)/b10-9+,21-16-,23-19?. The lowest BCUT2D eigenvalue weighted by molar-refractivity contribution is 0.413. The van der Waals surface area contributed by atoms with Crippen molar-refractivity contribution >= 4 is 45.6 Å². The van der Waals surface area contributed by atoms with E-state index < -0.39 is 11.0 Å². The maximum Gasteiger partial charge on any atom is 0.142 e. The Morgan fingerprint density at radius 1 is 1.42 bits per heavy atom. The maximum atomic E-state index is 12.6. The van der Waals surface area contributed by atoms with Gasteiger partial charge in [0.05, 0.1) is 18.8 Å². The number of thioether (sulfide) groups is 1. The Bertz CT molecular complexity index is 836. The third kappa shape index (κ3) is 9.18. The molecule has 1 rings (SSSR count). The molecule has 0 aliphatic rings. The van der Waals surface area contributed by atoms with E-state index >= 15 is 0 Å². The minimum Gasteiger partial charge on any atom is -0.511 e. The number of allylic oxidation sites excluding steroid dienone is 1. The molecule has 1 heterocycles. The van der Waals surface area contributed by atoms with Gasteiger partial charge in [-0.2, -0.15) is 0 Å². The van der Waals surface area contributed by atoms with Gasteiger partial charge >= 0.3 is 0 Å². The van der Waals surface area contributed by atoms with Crippen LogP contribution in [0.4, 0.5) is 0 Å². The number of nitrogens with one attached hydrogen (secondary N) is 1. The summed E-state index contributed by atoms with van der Waals surface area (Å²) in [6.07, 6.45) is 1.72. The second-order valence-corrected chi connectivity index (χ2v) is 10.5. The van der Waals surface area contributed by atoms with Crippen LogP contribution in [-0.2, 0) is 17.5 Å². The molecule has 0 aliphatic heterocycles. The molecule has 1 unspecified atom stereocenters. The molecule has 1 atom stereocenters. The molecule has 0 fully saturated rings. The van der Waals surface area contributed by atoms with Gasteiger partial charge in [0, 0.05) is 31.2 Å². The Balaban J connectivity index is 2.62. The summed E-state index contributed by atoms with van der Waals surface area (Å²) >= 11 is 2.91. The molecule has 0 amide bonds. The van der Waals surface area contributed by atoms with Crippen LogP contribution in [0.3, 0.4) is 0 Å². The summed E-state index contributed by atoms with van der Waals surface area (Å²) in [5, 5.41) is 16.9. The predicted octanol–water partition coefficient (Wildman–Crippen LogP) is 4.35. The van der Waals surface area contributed by atoms with Crippen LogP contribution in [0.15, 0.2) is 43.0 Å². The Labute approximate surface area is 197 Å². The second-order valence-electron chi connectivity index (χ2n) is 6.91. The second kappa shape index (κ2) is 14.4. The normalized spacial score (nSPS) is 15.1. The molecule has 0 spiro atoms. The van der Waals surface area contributed by atoms with Crippen LogP contribution >= 0.6 is 23.1 Å². The van der Waals surface area contributed by atoms with Crippen LogP contribution in [-0.4, -0.2) is 51.8 Å². The first-order valence-electron chi connectivity index (χ1n) is 10.2. The lowest BCUT2D eigenvalue weighted by Gasteiger charge is -2.18. The highest BCUT2D eigenvalue weighted by Gasteiger charge is 2.17. The van der Waals surface area contributed by atoms with Gasteiger partial charge in [-0.3, -0.25) is 9.98 Å². The fourth-order valence-electron chi connectivity index (χ4n) is 2.45. The Morgan fingerprint density at radius 3 is 2.61 bits per heavy atom. The van der Waals surface area contributed by atoms with Crippen molar-refractivity contribution in [3.8, 4) is 0 Å². The Hall–Kier alpha value is -1.62. The third-order valence-electron chi connectivity index (χ3n) is 4.34. The van der Waals surface area contributed by atoms with Gasteiger partial charge in [0.2, 0.25) is 0 Å². The van der Waals surface area contributed by atoms with E-state index in [9.17, 15) is 9.32 Å². The number of nitrogens with two attached hydrogens (primary N) is 1. The van der Waals surface area contributed by atoms with Gasteiger partial charge in [0.1, 0.15) is 26.8 Å². The van der Waals surface area contributed by atoms with Gasteiger partial charge < -0.3 is 16.2 Å². The van der Waals surface area contributed by atoms with Crippen molar-refractivity contribution < 1.29 is 9.32 Å². The fourth-order valence-corrected chi connectivity index (χ4v) is 5.65. The highest BCUT2D eigenvalue weighted by atomic mass is 32.2. The highest BCUT2D eigenvalue weighted by Crippen LogP contribution is 2.25. The molecule has 0 aromatic carbocycles. The van der Waals surface area contributed by atoms with Gasteiger partial charge in [-0.15, -0.1) is 11.3 Å². The first-order valence-corrected chi connectivity index (χ1v) is 13.1. The number of aliphatic hydroxyl groups excluding tert-OH is 1. The van der Waals surface area contributed by atoms with E-state index in [1.807, 2.05) is 13.8 Å². The summed E-state index contributed by atoms with van der Waals surface area (Å²) < 4.78 is 14.8. The molecular weight excluding hydrogens is 450 g/mol. The van der Waals surface area contributed by atoms with Crippen molar-refractivity contribution in [1.82, 2.24) is 9.62 Å². The molecule has 174 valence electrons. The summed E-state index contributed by atoms with van der Waals surface area (Å²) in [6, 6.07) is 2.17. The summed E-state index contributed by atoms with van der Waals surface area (Å²) in [4.78, 5) is 9.87. The highest BCUT2D eigenvalue weighted by molar-refractivity contribution is 8.17. The number of rotatable bonds is 13. The molecule has 0 aliphatic carbocycles. The molecule has 1 aromatic heterocycles. The van der Waals surface area contributed by atoms with Crippen LogP contribution in [0.1, 0.15) is 51.0 Å². The van der Waals surface area contributed by atoms with E-state index in [1.165, 1.54) is 22.2 Å². The molecule has 0 bridgehead atoms. The van der Waals surface area contributed by atoms with E-state index in [0.29, 0.717) is 47.9 Å². The average molecular weight is 486 g/mol. The van der Waals surface area contributed by atoms with Crippen molar-refractivity contribution in [2.24, 2.45) is 15.7 Å². The number of hydrogen-bond acceptors (Lipinski definition) is 7. The van der Waals surface area contributed by atoms with Crippen LogP contribution in [0.25, 0.3) is 0 Å². The maximum absolute atomic E-state index is 12.6. The number of aliphatic imine (C=N–C) groups is 2. The number of nitrogens with zero attached hydrogens (tertiary/aromatic N) is 3. The van der Waals surface area contributed by atoms with Crippen molar-refractivity contribution in [2.45, 2.75) is 47.1 Å². The summed E-state index contributed by atoms with van der Waals surface area (Å²) in [6.45, 7) is 12.0. The van der Waals surface area contributed by atoms with Crippen molar-refractivity contribution in [2.75, 3.05) is 26.7 Å². The summed E-state index contributed by atoms with van der Waals surface area (Å²) in [5.74, 6) is 0.966. The topological polar surface area (TPSA) is 103 Å². The van der Waals surface area contributed by atoms with E-state index in [2.05, 4.69) is 40.6 Å². The van der Waals surface area contributed by atoms with Gasteiger partial charge in [0.25, 0.3) is 0 Å². The summed E-state index contributed by atoms with van der Waals surface area (Å²) in [5.41, 5.74) is 8.10. The molecule has 31 heavy (non-hydrogen) atoms. The zero-order valence-electron chi connectivity index (χ0n) is 19.2. The molecule has 0 saturated heterocycles. The first-order chi connectivity index (χ1) is 14.7. The zero-order valence-corrected chi connectivity index (χ0v) is 21.7. The lowest BCUT2D eigenvalue weighted by atomic mass is 10.1. The molecular formula is C21H35N5O2S3. The smallest absolute Gasteiger partial charge is 0.142 e. The molecule has 4 N–H and O–H groups in total. The molecule has 10 heteroatoms. The Morgan fingerprint density at radius 2 is 2.10 bits per heavy atom.